The van der Waals surface area contributed by atoms with Crippen LogP contribution in [0.25, 0.3) is 11.4 Å². The molecule has 2 aromatic carbocycles. The summed E-state index contributed by atoms with van der Waals surface area (Å²) in [6.07, 6.45) is -3.81. The fourth-order valence-electron chi connectivity index (χ4n) is 3.73. The van der Waals surface area contributed by atoms with Gasteiger partial charge in [0, 0.05) is 31.6 Å². The van der Waals surface area contributed by atoms with Gasteiger partial charge in [0.2, 0.25) is 0 Å². The predicted octanol–water partition coefficient (Wildman–Crippen LogP) is 4.41. The Morgan fingerprint density at radius 3 is 2.65 bits per heavy atom. The number of H-pyrrole nitrogens is 1. The molecule has 0 saturated heterocycles. The van der Waals surface area contributed by atoms with Gasteiger partial charge >= 0.3 is 6.18 Å². The SMILES string of the molecule is CCOc1cccc(CN2CCc3nc(-c4ccc(C(F)(F)F)cc4)[nH]c(=O)c3C2)c1. The summed E-state index contributed by atoms with van der Waals surface area (Å²) in [5.41, 5.74) is 1.84. The summed E-state index contributed by atoms with van der Waals surface area (Å²) in [5, 5.41) is 0. The molecule has 8 heteroatoms. The molecule has 0 saturated carbocycles. The molecule has 1 aliphatic rings. The van der Waals surface area contributed by atoms with Crippen LogP contribution in [0.3, 0.4) is 0 Å². The first-order chi connectivity index (χ1) is 14.8. The molecule has 1 N–H and O–H groups in total. The van der Waals surface area contributed by atoms with Crippen LogP contribution in [-0.2, 0) is 25.7 Å². The van der Waals surface area contributed by atoms with Crippen molar-refractivity contribution < 1.29 is 17.9 Å². The van der Waals surface area contributed by atoms with Crippen molar-refractivity contribution in [3.63, 3.8) is 0 Å². The Bertz CT molecular complexity index is 1120. The van der Waals surface area contributed by atoms with Crippen LogP contribution in [0.1, 0.15) is 29.3 Å². The topological polar surface area (TPSA) is 58.2 Å². The van der Waals surface area contributed by atoms with Gasteiger partial charge in [-0.1, -0.05) is 24.3 Å². The molecule has 1 aliphatic heterocycles. The number of aromatic nitrogens is 2. The lowest BCUT2D eigenvalue weighted by molar-refractivity contribution is -0.137. The van der Waals surface area contributed by atoms with E-state index >= 15 is 0 Å². The van der Waals surface area contributed by atoms with E-state index in [1.54, 1.807) is 0 Å². The van der Waals surface area contributed by atoms with Gasteiger partial charge in [-0.2, -0.15) is 13.2 Å². The Balaban J connectivity index is 1.52. The highest BCUT2D eigenvalue weighted by atomic mass is 19.4. The maximum absolute atomic E-state index is 12.8. The third-order valence-electron chi connectivity index (χ3n) is 5.25. The minimum absolute atomic E-state index is 0.257. The van der Waals surface area contributed by atoms with Crippen molar-refractivity contribution in [2.45, 2.75) is 32.6 Å². The Morgan fingerprint density at radius 1 is 1.16 bits per heavy atom. The zero-order chi connectivity index (χ0) is 22.0. The minimum Gasteiger partial charge on any atom is -0.494 e. The van der Waals surface area contributed by atoms with Crippen molar-refractivity contribution in [2.75, 3.05) is 13.2 Å². The first-order valence-electron chi connectivity index (χ1n) is 10.1. The molecule has 5 nitrogen and oxygen atoms in total. The van der Waals surface area contributed by atoms with E-state index in [2.05, 4.69) is 14.9 Å². The first-order valence-corrected chi connectivity index (χ1v) is 10.1. The lowest BCUT2D eigenvalue weighted by Crippen LogP contribution is -2.35. The molecule has 4 rings (SSSR count). The highest BCUT2D eigenvalue weighted by molar-refractivity contribution is 5.56. The average Bonchev–Trinajstić information content (AvgIpc) is 2.74. The zero-order valence-electron chi connectivity index (χ0n) is 17.0. The third-order valence-corrected chi connectivity index (χ3v) is 5.25. The standard InChI is InChI=1S/C23H22F3N3O2/c1-2-31-18-5-3-4-15(12-18)13-29-11-10-20-19(14-29)22(30)28-21(27-20)16-6-8-17(9-7-16)23(24,25)26/h3-9,12H,2,10-11,13-14H2,1H3,(H,27,28,30). The van der Waals surface area contributed by atoms with Crippen LogP contribution in [0.4, 0.5) is 13.2 Å². The summed E-state index contributed by atoms with van der Waals surface area (Å²) in [4.78, 5) is 22.1. The maximum atomic E-state index is 12.8. The smallest absolute Gasteiger partial charge is 0.416 e. The lowest BCUT2D eigenvalue weighted by Gasteiger charge is -2.27. The lowest BCUT2D eigenvalue weighted by atomic mass is 10.0. The third kappa shape index (κ3) is 4.80. The summed E-state index contributed by atoms with van der Waals surface area (Å²) in [6.45, 7) is 4.41. The van der Waals surface area contributed by atoms with E-state index in [1.165, 1.54) is 12.1 Å². The molecule has 2 heterocycles. The molecule has 1 aromatic heterocycles. The number of ether oxygens (including phenoxy) is 1. The highest BCUT2D eigenvalue weighted by Crippen LogP contribution is 2.30. The predicted molar refractivity (Wildman–Crippen MR) is 111 cm³/mol. The van der Waals surface area contributed by atoms with Gasteiger partial charge in [0.15, 0.2) is 0 Å². The second kappa shape index (κ2) is 8.55. The van der Waals surface area contributed by atoms with Gasteiger partial charge in [-0.3, -0.25) is 9.69 Å². The molecule has 0 atom stereocenters. The molecule has 0 aliphatic carbocycles. The van der Waals surface area contributed by atoms with Gasteiger partial charge in [-0.25, -0.2) is 4.98 Å². The molecular weight excluding hydrogens is 407 g/mol. The molecule has 3 aromatic rings. The Kier molecular flexibility index (Phi) is 5.82. The van der Waals surface area contributed by atoms with E-state index in [9.17, 15) is 18.0 Å². The fraction of sp³-hybridized carbons (Fsp3) is 0.304. The Labute approximate surface area is 177 Å². The van der Waals surface area contributed by atoms with Crippen molar-refractivity contribution >= 4 is 0 Å². The van der Waals surface area contributed by atoms with E-state index in [4.69, 9.17) is 4.74 Å². The summed E-state index contributed by atoms with van der Waals surface area (Å²) in [7, 11) is 0. The van der Waals surface area contributed by atoms with Crippen LogP contribution in [0, 0.1) is 0 Å². The Morgan fingerprint density at radius 2 is 1.94 bits per heavy atom. The average molecular weight is 429 g/mol. The van der Waals surface area contributed by atoms with Gasteiger partial charge in [-0.05, 0) is 36.8 Å². The summed E-state index contributed by atoms with van der Waals surface area (Å²) in [5.74, 6) is 1.11. The molecule has 31 heavy (non-hydrogen) atoms. The van der Waals surface area contributed by atoms with Crippen LogP contribution >= 0.6 is 0 Å². The minimum atomic E-state index is -4.40. The molecule has 162 valence electrons. The Hall–Kier alpha value is -3.13. The first kappa shape index (κ1) is 21.1. The number of nitrogens with zero attached hydrogens (tertiary/aromatic N) is 2. The summed E-state index contributed by atoms with van der Waals surface area (Å²) < 4.78 is 43.9. The quantitative estimate of drug-likeness (QED) is 0.653. The van der Waals surface area contributed by atoms with Crippen molar-refractivity contribution in [3.8, 4) is 17.1 Å². The van der Waals surface area contributed by atoms with E-state index in [1.807, 2.05) is 31.2 Å². The van der Waals surface area contributed by atoms with Crippen LogP contribution in [0.5, 0.6) is 5.75 Å². The van der Waals surface area contributed by atoms with Crippen molar-refractivity contribution in [2.24, 2.45) is 0 Å². The number of hydrogen-bond acceptors (Lipinski definition) is 4. The molecule has 0 bridgehead atoms. The molecule has 0 unspecified atom stereocenters. The van der Waals surface area contributed by atoms with Crippen LogP contribution in [0.15, 0.2) is 53.3 Å². The number of fused-ring (bicyclic) bond motifs is 1. The fourth-order valence-corrected chi connectivity index (χ4v) is 3.73. The van der Waals surface area contributed by atoms with Crippen LogP contribution in [-0.4, -0.2) is 28.0 Å². The van der Waals surface area contributed by atoms with Gasteiger partial charge in [0.25, 0.3) is 5.56 Å². The van der Waals surface area contributed by atoms with Crippen LogP contribution in [0.2, 0.25) is 0 Å². The number of benzene rings is 2. The van der Waals surface area contributed by atoms with E-state index in [0.717, 1.165) is 30.0 Å². The number of aromatic amines is 1. The summed E-state index contributed by atoms with van der Waals surface area (Å²) >= 11 is 0. The molecule has 0 fully saturated rings. The van der Waals surface area contributed by atoms with E-state index in [0.29, 0.717) is 42.9 Å². The van der Waals surface area contributed by atoms with Gasteiger partial charge < -0.3 is 9.72 Å². The molecule has 0 amide bonds. The number of nitrogens with one attached hydrogen (secondary N) is 1. The number of alkyl halides is 3. The number of rotatable bonds is 5. The maximum Gasteiger partial charge on any atom is 0.416 e. The van der Waals surface area contributed by atoms with Gasteiger partial charge in [0.05, 0.1) is 23.4 Å². The van der Waals surface area contributed by atoms with Crippen molar-refractivity contribution in [1.29, 1.82) is 0 Å². The van der Waals surface area contributed by atoms with Crippen molar-refractivity contribution in [1.82, 2.24) is 14.9 Å². The van der Waals surface area contributed by atoms with Gasteiger partial charge in [0.1, 0.15) is 11.6 Å². The largest absolute Gasteiger partial charge is 0.494 e. The van der Waals surface area contributed by atoms with Gasteiger partial charge in [-0.15, -0.1) is 0 Å². The monoisotopic (exact) mass is 429 g/mol. The van der Waals surface area contributed by atoms with E-state index in [-0.39, 0.29) is 11.4 Å². The van der Waals surface area contributed by atoms with E-state index < -0.39 is 11.7 Å². The van der Waals surface area contributed by atoms with Crippen molar-refractivity contribution in [3.05, 3.63) is 81.3 Å². The zero-order valence-corrected chi connectivity index (χ0v) is 17.0. The molecule has 0 spiro atoms. The molecule has 0 radical (unpaired) electrons. The second-order valence-electron chi connectivity index (χ2n) is 7.46. The normalized spacial score (nSPS) is 14.3. The molecular formula is C23H22F3N3O2. The number of hydrogen-bond donors (Lipinski definition) is 1. The summed E-state index contributed by atoms with van der Waals surface area (Å²) in [6, 6.07) is 12.5. The van der Waals surface area contributed by atoms with Crippen LogP contribution < -0.4 is 10.3 Å². The number of halogens is 3. The highest BCUT2D eigenvalue weighted by Gasteiger charge is 2.30. The second-order valence-corrected chi connectivity index (χ2v) is 7.46.